The highest BCUT2D eigenvalue weighted by molar-refractivity contribution is 6.04. The van der Waals surface area contributed by atoms with Gasteiger partial charge in [-0.1, -0.05) is 12.1 Å². The molecule has 0 spiro atoms. The fourth-order valence-corrected chi connectivity index (χ4v) is 6.00. The second kappa shape index (κ2) is 13.4. The average molecular weight is 597 g/mol. The summed E-state index contributed by atoms with van der Waals surface area (Å²) < 4.78 is 44.8. The van der Waals surface area contributed by atoms with Crippen molar-refractivity contribution >= 4 is 17.4 Å². The molecule has 2 atom stereocenters. The van der Waals surface area contributed by atoms with Crippen molar-refractivity contribution in [1.82, 2.24) is 9.88 Å². The van der Waals surface area contributed by atoms with Crippen molar-refractivity contribution < 1.29 is 27.8 Å². The number of carbonyl (C=O) groups excluding carboxylic acids is 1. The first kappa shape index (κ1) is 31.0. The number of likely N-dealkylation sites (tertiary alicyclic amines) is 1. The van der Waals surface area contributed by atoms with Crippen molar-refractivity contribution in [3.8, 4) is 11.1 Å². The molecule has 1 aromatic heterocycles. The van der Waals surface area contributed by atoms with Gasteiger partial charge in [0.2, 0.25) is 0 Å². The Hall–Kier alpha value is -3.47. The van der Waals surface area contributed by atoms with E-state index in [9.17, 15) is 23.1 Å². The molecule has 2 N–H and O–H groups in total. The molecular weight excluding hydrogens is 557 g/mol. The van der Waals surface area contributed by atoms with Crippen LogP contribution in [0.25, 0.3) is 11.1 Å². The van der Waals surface area contributed by atoms with Crippen molar-refractivity contribution in [1.29, 1.82) is 0 Å². The molecular formula is C33H39F3N4O3. The van der Waals surface area contributed by atoms with E-state index < -0.39 is 18.0 Å². The Balaban J connectivity index is 1.29. The smallest absolute Gasteiger partial charge is 0.372 e. The van der Waals surface area contributed by atoms with Crippen LogP contribution < -0.4 is 10.2 Å². The van der Waals surface area contributed by atoms with E-state index in [0.717, 1.165) is 74.3 Å². The quantitative estimate of drug-likeness (QED) is 0.272. The lowest BCUT2D eigenvalue weighted by Crippen LogP contribution is -2.38. The predicted molar refractivity (Wildman–Crippen MR) is 161 cm³/mol. The van der Waals surface area contributed by atoms with Crippen molar-refractivity contribution in [3.63, 3.8) is 0 Å². The van der Waals surface area contributed by atoms with Crippen LogP contribution in [0.4, 0.5) is 24.7 Å². The zero-order valence-corrected chi connectivity index (χ0v) is 24.6. The fraction of sp³-hybridized carbons (Fsp3) is 0.455. The van der Waals surface area contributed by atoms with Crippen LogP contribution in [0, 0.1) is 5.92 Å². The number of nitrogens with one attached hydrogen (secondary N) is 1. The molecule has 2 aromatic carbocycles. The highest BCUT2D eigenvalue weighted by Crippen LogP contribution is 2.33. The molecule has 10 heteroatoms. The van der Waals surface area contributed by atoms with E-state index in [1.54, 1.807) is 18.3 Å². The summed E-state index contributed by atoms with van der Waals surface area (Å²) >= 11 is 0. The molecule has 7 nitrogen and oxygen atoms in total. The van der Waals surface area contributed by atoms with E-state index in [-0.39, 0.29) is 11.8 Å². The number of rotatable bonds is 9. The Morgan fingerprint density at radius 1 is 1.07 bits per heavy atom. The SMILES string of the molecule is CCOC(O)C1CCN(c2ccc(C(=O)Nc3cc(CN4CCC[C@H]4C)c(-c4ccc(C(F)(F)F)cc4)cn3)cc2)CC1. The van der Waals surface area contributed by atoms with Crippen molar-refractivity contribution in [3.05, 3.63) is 77.5 Å². The lowest BCUT2D eigenvalue weighted by molar-refractivity contribution is -0.137. The largest absolute Gasteiger partial charge is 0.416 e. The Morgan fingerprint density at radius 3 is 2.37 bits per heavy atom. The van der Waals surface area contributed by atoms with Gasteiger partial charge in [-0.15, -0.1) is 0 Å². The average Bonchev–Trinajstić information content (AvgIpc) is 3.41. The number of anilines is 2. The summed E-state index contributed by atoms with van der Waals surface area (Å²) in [5.74, 6) is 0.222. The number of halogens is 3. The first-order valence-electron chi connectivity index (χ1n) is 15.0. The number of piperidine rings is 1. The molecule has 0 bridgehead atoms. The molecule has 5 rings (SSSR count). The van der Waals surface area contributed by atoms with Gasteiger partial charge >= 0.3 is 6.18 Å². The number of benzene rings is 2. The number of hydrogen-bond acceptors (Lipinski definition) is 6. The third-order valence-corrected chi connectivity index (χ3v) is 8.59. The van der Waals surface area contributed by atoms with Crippen molar-refractivity contribution in [2.45, 2.75) is 64.6 Å². The molecule has 1 amide bonds. The van der Waals surface area contributed by atoms with Crippen LogP contribution in [0.3, 0.4) is 0 Å². The number of hydrogen-bond donors (Lipinski definition) is 2. The summed E-state index contributed by atoms with van der Waals surface area (Å²) in [6, 6.07) is 14.8. The van der Waals surface area contributed by atoms with Gasteiger partial charge < -0.3 is 20.1 Å². The van der Waals surface area contributed by atoms with Crippen molar-refractivity contribution in [2.75, 3.05) is 36.5 Å². The highest BCUT2D eigenvalue weighted by Gasteiger charge is 2.30. The molecule has 0 saturated carbocycles. The maximum Gasteiger partial charge on any atom is 0.416 e. The Kier molecular flexibility index (Phi) is 9.68. The number of alkyl halides is 3. The van der Waals surface area contributed by atoms with Gasteiger partial charge in [-0.3, -0.25) is 9.69 Å². The molecule has 230 valence electrons. The van der Waals surface area contributed by atoms with E-state index in [4.69, 9.17) is 4.74 Å². The molecule has 3 heterocycles. The van der Waals surface area contributed by atoms with Gasteiger partial charge in [-0.05, 0) is 99.7 Å². The summed E-state index contributed by atoms with van der Waals surface area (Å²) in [4.78, 5) is 22.2. The molecule has 2 saturated heterocycles. The molecule has 1 unspecified atom stereocenters. The number of nitrogens with zero attached hydrogens (tertiary/aromatic N) is 3. The van der Waals surface area contributed by atoms with Gasteiger partial charge in [0.05, 0.1) is 5.56 Å². The molecule has 2 aliphatic heterocycles. The number of aromatic nitrogens is 1. The zero-order chi connectivity index (χ0) is 30.6. The lowest BCUT2D eigenvalue weighted by Gasteiger charge is -2.35. The van der Waals surface area contributed by atoms with E-state index >= 15 is 0 Å². The predicted octanol–water partition coefficient (Wildman–Crippen LogP) is 6.58. The second-order valence-electron chi connectivity index (χ2n) is 11.4. The van der Waals surface area contributed by atoms with Crippen LogP contribution in [-0.4, -0.2) is 59.5 Å². The van der Waals surface area contributed by atoms with E-state index in [1.807, 2.05) is 25.1 Å². The van der Waals surface area contributed by atoms with Gasteiger partial charge in [-0.2, -0.15) is 13.2 Å². The summed E-state index contributed by atoms with van der Waals surface area (Å²) in [7, 11) is 0. The third-order valence-electron chi connectivity index (χ3n) is 8.59. The van der Waals surface area contributed by atoms with E-state index in [2.05, 4.69) is 27.0 Å². The lowest BCUT2D eigenvalue weighted by atomic mass is 9.95. The molecule has 2 fully saturated rings. The normalized spacial score (nSPS) is 19.0. The van der Waals surface area contributed by atoms with Crippen LogP contribution in [-0.2, 0) is 17.5 Å². The first-order valence-corrected chi connectivity index (χ1v) is 15.0. The summed E-state index contributed by atoms with van der Waals surface area (Å²) in [6.45, 7) is 7.68. The third kappa shape index (κ3) is 7.55. The fourth-order valence-electron chi connectivity index (χ4n) is 6.00. The summed E-state index contributed by atoms with van der Waals surface area (Å²) in [6.07, 6.45) is 0.342. The maximum absolute atomic E-state index is 13.2. The number of pyridine rings is 1. The minimum Gasteiger partial charge on any atom is -0.372 e. The van der Waals surface area contributed by atoms with Crippen molar-refractivity contribution in [2.24, 2.45) is 5.92 Å². The molecule has 2 aliphatic rings. The molecule has 0 radical (unpaired) electrons. The first-order chi connectivity index (χ1) is 20.6. The number of aliphatic hydroxyl groups excluding tert-OH is 1. The van der Waals surface area contributed by atoms with Crippen LogP contribution in [0.2, 0.25) is 0 Å². The molecule has 0 aliphatic carbocycles. The zero-order valence-electron chi connectivity index (χ0n) is 24.6. The highest BCUT2D eigenvalue weighted by atomic mass is 19.4. The Morgan fingerprint density at radius 2 is 1.77 bits per heavy atom. The topological polar surface area (TPSA) is 77.9 Å². The minimum atomic E-state index is -4.40. The minimum absolute atomic E-state index is 0.123. The van der Waals surface area contributed by atoms with E-state index in [0.29, 0.717) is 36.1 Å². The Labute approximate surface area is 250 Å². The van der Waals surface area contributed by atoms with E-state index in [1.165, 1.54) is 12.1 Å². The molecule has 3 aromatic rings. The van der Waals surface area contributed by atoms with Gasteiger partial charge in [0.1, 0.15) is 5.82 Å². The van der Waals surface area contributed by atoms with Gasteiger partial charge in [0.15, 0.2) is 6.29 Å². The Bertz CT molecular complexity index is 1370. The van der Waals surface area contributed by atoms with Crippen LogP contribution in [0.1, 0.15) is 61.0 Å². The summed E-state index contributed by atoms with van der Waals surface area (Å²) in [5.41, 5.74) is 3.10. The van der Waals surface area contributed by atoms with Gasteiger partial charge in [-0.25, -0.2) is 4.98 Å². The monoisotopic (exact) mass is 596 g/mol. The number of carbonyl (C=O) groups is 1. The molecule has 43 heavy (non-hydrogen) atoms. The standard InChI is InChI=1S/C33H39F3N4O3/c1-3-43-32(42)25-14-17-39(18-15-25)28-12-8-24(9-13-28)31(41)38-30-19-26(21-40-16-4-5-22(40)2)29(20-37-30)23-6-10-27(11-7-23)33(34,35)36/h6-13,19-20,22,25,32,42H,3-5,14-18,21H2,1-2H3,(H,37,38,41)/t22-,32?/m1/s1. The van der Waals surface area contributed by atoms with Crippen LogP contribution >= 0.6 is 0 Å². The van der Waals surface area contributed by atoms with Crippen LogP contribution in [0.15, 0.2) is 60.8 Å². The number of ether oxygens (including phenoxy) is 1. The maximum atomic E-state index is 13.2. The number of amides is 1. The van der Waals surface area contributed by atoms with Crippen LogP contribution in [0.5, 0.6) is 0 Å². The van der Waals surface area contributed by atoms with Gasteiger partial charge in [0, 0.05) is 61.2 Å². The summed E-state index contributed by atoms with van der Waals surface area (Å²) in [5, 5.41) is 13.0. The number of aliphatic hydroxyl groups is 1. The second-order valence-corrected chi connectivity index (χ2v) is 11.4. The van der Waals surface area contributed by atoms with Gasteiger partial charge in [0.25, 0.3) is 5.91 Å².